The third-order valence-electron chi connectivity index (χ3n) is 4.29. The molecule has 0 aromatic heterocycles. The van der Waals surface area contributed by atoms with Crippen LogP contribution in [-0.4, -0.2) is 24.4 Å². The Bertz CT molecular complexity index is 713. The van der Waals surface area contributed by atoms with Gasteiger partial charge in [0.25, 0.3) is 0 Å². The number of halogens is 3. The number of hydrogen-bond acceptors (Lipinski definition) is 2. The van der Waals surface area contributed by atoms with Gasteiger partial charge in [0.05, 0.1) is 12.1 Å². The molecule has 1 fully saturated rings. The summed E-state index contributed by atoms with van der Waals surface area (Å²) in [5.74, 6) is 4.78. The Morgan fingerprint density at radius 1 is 1.27 bits per heavy atom. The second kappa shape index (κ2) is 8.75. The molecule has 140 valence electrons. The van der Waals surface area contributed by atoms with Crippen LogP contribution in [0.4, 0.5) is 13.2 Å². The van der Waals surface area contributed by atoms with Crippen LogP contribution in [0.1, 0.15) is 43.7 Å². The predicted octanol–water partition coefficient (Wildman–Crippen LogP) is 2.87. The van der Waals surface area contributed by atoms with Crippen LogP contribution < -0.4 is 10.6 Å². The average molecular weight is 366 g/mol. The minimum atomic E-state index is -4.42. The van der Waals surface area contributed by atoms with Crippen LogP contribution in [-0.2, 0) is 15.8 Å². The zero-order valence-electron chi connectivity index (χ0n) is 14.5. The molecule has 4 nitrogen and oxygen atoms in total. The molecule has 1 aromatic carbocycles. The second-order valence-corrected chi connectivity index (χ2v) is 6.32. The zero-order valence-corrected chi connectivity index (χ0v) is 14.5. The Morgan fingerprint density at radius 3 is 2.58 bits per heavy atom. The number of hydrogen-bond donors (Lipinski definition) is 2. The van der Waals surface area contributed by atoms with Gasteiger partial charge in [0.1, 0.15) is 6.04 Å². The maximum absolute atomic E-state index is 12.7. The molecule has 1 saturated carbocycles. The van der Waals surface area contributed by atoms with Crippen molar-refractivity contribution in [3.05, 3.63) is 35.4 Å². The Hall–Kier alpha value is -2.49. The highest BCUT2D eigenvalue weighted by Crippen LogP contribution is 2.29. The monoisotopic (exact) mass is 366 g/mol. The molecule has 1 aliphatic carbocycles. The van der Waals surface area contributed by atoms with Gasteiger partial charge in [-0.2, -0.15) is 13.2 Å². The first-order valence-corrected chi connectivity index (χ1v) is 8.48. The van der Waals surface area contributed by atoms with Gasteiger partial charge in [0, 0.05) is 12.5 Å². The Balaban J connectivity index is 1.95. The lowest BCUT2D eigenvalue weighted by atomic mass is 9.97. The standard InChI is InChI=1S/C19H21F3N2O2/c1-13(25)24-17(15-8-2-3-9-15)18(26)23-11-5-7-14-6-4-10-16(12-14)19(20,21)22/h4,6,10,12,15,17H,2-3,8-9,11H2,1H3,(H,23,26)(H,24,25). The summed E-state index contributed by atoms with van der Waals surface area (Å²) in [6.45, 7) is 1.36. The number of benzene rings is 1. The summed E-state index contributed by atoms with van der Waals surface area (Å²) >= 11 is 0. The molecule has 1 atom stereocenters. The molecule has 0 spiro atoms. The van der Waals surface area contributed by atoms with Crippen molar-refractivity contribution in [2.24, 2.45) is 5.92 Å². The van der Waals surface area contributed by atoms with Crippen molar-refractivity contribution in [2.45, 2.75) is 44.8 Å². The molecule has 2 rings (SSSR count). The van der Waals surface area contributed by atoms with Crippen molar-refractivity contribution in [2.75, 3.05) is 6.54 Å². The highest BCUT2D eigenvalue weighted by molar-refractivity contribution is 5.87. The molecule has 26 heavy (non-hydrogen) atoms. The molecule has 0 heterocycles. The van der Waals surface area contributed by atoms with E-state index in [0.717, 1.165) is 37.8 Å². The van der Waals surface area contributed by atoms with E-state index in [9.17, 15) is 22.8 Å². The van der Waals surface area contributed by atoms with Gasteiger partial charge in [-0.3, -0.25) is 9.59 Å². The van der Waals surface area contributed by atoms with Crippen molar-refractivity contribution in [3.8, 4) is 11.8 Å². The van der Waals surface area contributed by atoms with Gasteiger partial charge >= 0.3 is 6.18 Å². The maximum Gasteiger partial charge on any atom is 0.416 e. The molecule has 0 bridgehead atoms. The lowest BCUT2D eigenvalue weighted by Gasteiger charge is -2.22. The van der Waals surface area contributed by atoms with Crippen molar-refractivity contribution in [1.29, 1.82) is 0 Å². The van der Waals surface area contributed by atoms with Gasteiger partial charge in [0.15, 0.2) is 0 Å². The normalized spacial score (nSPS) is 15.7. The third-order valence-corrected chi connectivity index (χ3v) is 4.29. The summed E-state index contributed by atoms with van der Waals surface area (Å²) in [6.07, 6.45) is -0.589. The minimum absolute atomic E-state index is 0.00210. The fourth-order valence-electron chi connectivity index (χ4n) is 3.07. The lowest BCUT2D eigenvalue weighted by Crippen LogP contribution is -2.49. The first-order chi connectivity index (χ1) is 12.3. The summed E-state index contributed by atoms with van der Waals surface area (Å²) in [5.41, 5.74) is -0.538. The minimum Gasteiger partial charge on any atom is -0.344 e. The molecule has 0 radical (unpaired) electrons. The van der Waals surface area contributed by atoms with E-state index in [2.05, 4.69) is 22.5 Å². The number of carbonyl (C=O) groups excluding carboxylic acids is 2. The quantitative estimate of drug-likeness (QED) is 0.805. The molecule has 1 aromatic rings. The predicted molar refractivity (Wildman–Crippen MR) is 90.9 cm³/mol. The van der Waals surface area contributed by atoms with Crippen LogP contribution in [0.3, 0.4) is 0 Å². The fourth-order valence-corrected chi connectivity index (χ4v) is 3.07. The van der Waals surface area contributed by atoms with E-state index < -0.39 is 17.8 Å². The van der Waals surface area contributed by atoms with Gasteiger partial charge in [-0.1, -0.05) is 30.7 Å². The molecule has 1 aliphatic rings. The highest BCUT2D eigenvalue weighted by Gasteiger charge is 2.31. The summed E-state index contributed by atoms with van der Waals surface area (Å²) in [6, 6.07) is 4.12. The molecule has 1 unspecified atom stereocenters. The Kier molecular flexibility index (Phi) is 6.67. The summed E-state index contributed by atoms with van der Waals surface area (Å²) < 4.78 is 38.0. The molecule has 2 N–H and O–H groups in total. The van der Waals surface area contributed by atoms with E-state index in [1.54, 1.807) is 0 Å². The first-order valence-electron chi connectivity index (χ1n) is 8.48. The number of nitrogens with one attached hydrogen (secondary N) is 2. The van der Waals surface area contributed by atoms with Gasteiger partial charge in [0.2, 0.25) is 11.8 Å². The summed E-state index contributed by atoms with van der Waals surface area (Å²) in [5, 5.41) is 5.31. The summed E-state index contributed by atoms with van der Waals surface area (Å²) in [4.78, 5) is 23.7. The smallest absolute Gasteiger partial charge is 0.344 e. The molecule has 0 saturated heterocycles. The summed E-state index contributed by atoms with van der Waals surface area (Å²) in [7, 11) is 0. The van der Waals surface area contributed by atoms with E-state index in [4.69, 9.17) is 0 Å². The Morgan fingerprint density at radius 2 is 1.96 bits per heavy atom. The third kappa shape index (κ3) is 5.80. The van der Waals surface area contributed by atoms with Gasteiger partial charge in [-0.15, -0.1) is 0 Å². The van der Waals surface area contributed by atoms with Crippen LogP contribution in [0, 0.1) is 17.8 Å². The van der Waals surface area contributed by atoms with E-state index in [1.807, 2.05) is 0 Å². The average Bonchev–Trinajstić information content (AvgIpc) is 3.10. The highest BCUT2D eigenvalue weighted by atomic mass is 19.4. The van der Waals surface area contributed by atoms with Crippen LogP contribution in [0.5, 0.6) is 0 Å². The SMILES string of the molecule is CC(=O)NC(C(=O)NCC#Cc1cccc(C(F)(F)F)c1)C1CCCC1. The van der Waals surface area contributed by atoms with Crippen LogP contribution in [0.15, 0.2) is 24.3 Å². The second-order valence-electron chi connectivity index (χ2n) is 6.32. The fraction of sp³-hybridized carbons (Fsp3) is 0.474. The largest absolute Gasteiger partial charge is 0.416 e. The topological polar surface area (TPSA) is 58.2 Å². The first kappa shape index (κ1) is 19.8. The van der Waals surface area contributed by atoms with E-state index in [-0.39, 0.29) is 29.8 Å². The number of rotatable bonds is 4. The molecular formula is C19H21F3N2O2. The van der Waals surface area contributed by atoms with Gasteiger partial charge < -0.3 is 10.6 Å². The molecule has 7 heteroatoms. The van der Waals surface area contributed by atoms with Crippen molar-refractivity contribution in [3.63, 3.8) is 0 Å². The zero-order chi connectivity index (χ0) is 19.2. The van der Waals surface area contributed by atoms with Crippen molar-refractivity contribution < 1.29 is 22.8 Å². The molecule has 0 aliphatic heterocycles. The van der Waals surface area contributed by atoms with Gasteiger partial charge in [-0.25, -0.2) is 0 Å². The van der Waals surface area contributed by atoms with Gasteiger partial charge in [-0.05, 0) is 37.0 Å². The number of carbonyl (C=O) groups is 2. The molecular weight excluding hydrogens is 345 g/mol. The van der Waals surface area contributed by atoms with Crippen molar-refractivity contribution >= 4 is 11.8 Å². The molecule has 2 amide bonds. The van der Waals surface area contributed by atoms with Crippen LogP contribution >= 0.6 is 0 Å². The van der Waals surface area contributed by atoms with E-state index in [0.29, 0.717) is 0 Å². The van der Waals surface area contributed by atoms with E-state index in [1.165, 1.54) is 19.1 Å². The van der Waals surface area contributed by atoms with E-state index >= 15 is 0 Å². The van der Waals surface area contributed by atoms with Crippen LogP contribution in [0.2, 0.25) is 0 Å². The lowest BCUT2D eigenvalue weighted by molar-refractivity contribution is -0.137. The maximum atomic E-state index is 12.7. The Labute approximate surface area is 150 Å². The van der Waals surface area contributed by atoms with Crippen LogP contribution in [0.25, 0.3) is 0 Å². The van der Waals surface area contributed by atoms with Crippen molar-refractivity contribution in [1.82, 2.24) is 10.6 Å². The number of alkyl halides is 3. The number of amides is 2.